The van der Waals surface area contributed by atoms with Crippen LogP contribution in [-0.4, -0.2) is 21.9 Å². The average Bonchev–Trinajstić information content (AvgIpc) is 2.84. The molecule has 2 aromatic heterocycles. The maximum Gasteiger partial charge on any atom is 0.161 e. The second-order valence-electron chi connectivity index (χ2n) is 4.65. The molecule has 2 heterocycles. The Kier molecular flexibility index (Phi) is 4.70. The van der Waals surface area contributed by atoms with E-state index in [-0.39, 0.29) is 6.04 Å². The van der Waals surface area contributed by atoms with Crippen LogP contribution in [0.1, 0.15) is 36.3 Å². The first-order valence-electron chi connectivity index (χ1n) is 6.69. The molecule has 1 atom stereocenters. The topological polar surface area (TPSA) is 78.0 Å². The van der Waals surface area contributed by atoms with E-state index in [1.807, 2.05) is 23.7 Å². The van der Waals surface area contributed by atoms with Crippen molar-refractivity contribution in [2.45, 2.75) is 32.9 Å². The molecule has 0 amide bonds. The molecule has 2 rings (SSSR count). The van der Waals surface area contributed by atoms with Gasteiger partial charge in [-0.2, -0.15) is 5.10 Å². The zero-order chi connectivity index (χ0) is 14.5. The lowest BCUT2D eigenvalue weighted by Gasteiger charge is -2.19. The van der Waals surface area contributed by atoms with Gasteiger partial charge in [0.05, 0.1) is 19.3 Å². The van der Waals surface area contributed by atoms with E-state index in [1.54, 1.807) is 19.5 Å². The minimum absolute atomic E-state index is 0.180. The summed E-state index contributed by atoms with van der Waals surface area (Å²) in [5.41, 5.74) is 5.77. The van der Waals surface area contributed by atoms with Crippen LogP contribution in [0.3, 0.4) is 0 Å². The SMILES string of the molecule is CCCn1ncc(OC)c1C(NN)c1ccnc(C)c1. The van der Waals surface area contributed by atoms with Crippen molar-refractivity contribution in [1.82, 2.24) is 20.2 Å². The molecule has 2 aromatic rings. The molecule has 0 spiro atoms. The van der Waals surface area contributed by atoms with E-state index >= 15 is 0 Å². The largest absolute Gasteiger partial charge is 0.493 e. The predicted molar refractivity (Wildman–Crippen MR) is 77.2 cm³/mol. The zero-order valence-electron chi connectivity index (χ0n) is 12.1. The molecule has 0 bridgehead atoms. The fourth-order valence-electron chi connectivity index (χ4n) is 2.30. The number of nitrogens with zero attached hydrogens (tertiary/aromatic N) is 3. The summed E-state index contributed by atoms with van der Waals surface area (Å²) in [7, 11) is 1.64. The minimum atomic E-state index is -0.180. The Bertz CT molecular complexity index is 566. The smallest absolute Gasteiger partial charge is 0.161 e. The Labute approximate surface area is 118 Å². The van der Waals surface area contributed by atoms with E-state index in [9.17, 15) is 0 Å². The van der Waals surface area contributed by atoms with Crippen LogP contribution in [0.4, 0.5) is 0 Å². The van der Waals surface area contributed by atoms with Crippen LogP contribution >= 0.6 is 0 Å². The highest BCUT2D eigenvalue weighted by molar-refractivity contribution is 5.36. The highest BCUT2D eigenvalue weighted by Gasteiger charge is 2.22. The first kappa shape index (κ1) is 14.5. The van der Waals surface area contributed by atoms with Gasteiger partial charge < -0.3 is 4.74 Å². The molecule has 108 valence electrons. The van der Waals surface area contributed by atoms with Crippen molar-refractivity contribution < 1.29 is 4.74 Å². The summed E-state index contributed by atoms with van der Waals surface area (Å²) in [5, 5.41) is 4.37. The summed E-state index contributed by atoms with van der Waals surface area (Å²) >= 11 is 0. The lowest BCUT2D eigenvalue weighted by atomic mass is 10.0. The van der Waals surface area contributed by atoms with Crippen LogP contribution in [0.2, 0.25) is 0 Å². The second-order valence-corrected chi connectivity index (χ2v) is 4.65. The molecule has 6 nitrogen and oxygen atoms in total. The summed E-state index contributed by atoms with van der Waals surface area (Å²) in [6.45, 7) is 4.89. The van der Waals surface area contributed by atoms with Crippen molar-refractivity contribution in [1.29, 1.82) is 0 Å². The van der Waals surface area contributed by atoms with E-state index in [0.717, 1.165) is 35.7 Å². The van der Waals surface area contributed by atoms with Crippen molar-refractivity contribution in [2.75, 3.05) is 7.11 Å². The number of methoxy groups -OCH3 is 1. The summed E-state index contributed by atoms with van der Waals surface area (Å²) < 4.78 is 7.34. The van der Waals surface area contributed by atoms with Gasteiger partial charge in [-0.3, -0.25) is 15.5 Å². The van der Waals surface area contributed by atoms with Crippen LogP contribution in [-0.2, 0) is 6.54 Å². The second kappa shape index (κ2) is 6.49. The third-order valence-corrected chi connectivity index (χ3v) is 3.19. The predicted octanol–water partition coefficient (Wildman–Crippen LogP) is 1.56. The van der Waals surface area contributed by atoms with Gasteiger partial charge in [0.1, 0.15) is 5.69 Å². The Hall–Kier alpha value is -1.92. The van der Waals surface area contributed by atoms with Gasteiger partial charge in [-0.1, -0.05) is 6.92 Å². The standard InChI is InChI=1S/C14H21N5O/c1-4-7-19-14(12(20-3)9-17-19)13(18-15)11-5-6-16-10(2)8-11/h5-6,8-9,13,18H,4,7,15H2,1-3H3. The lowest BCUT2D eigenvalue weighted by Crippen LogP contribution is -2.31. The fraction of sp³-hybridized carbons (Fsp3) is 0.429. The quantitative estimate of drug-likeness (QED) is 0.618. The Morgan fingerprint density at radius 2 is 2.30 bits per heavy atom. The van der Waals surface area contributed by atoms with E-state index in [0.29, 0.717) is 0 Å². The fourth-order valence-corrected chi connectivity index (χ4v) is 2.30. The van der Waals surface area contributed by atoms with Gasteiger partial charge in [-0.25, -0.2) is 5.43 Å². The molecule has 0 aliphatic rings. The molecule has 6 heteroatoms. The van der Waals surface area contributed by atoms with Gasteiger partial charge in [0.2, 0.25) is 0 Å². The molecule has 0 aromatic carbocycles. The summed E-state index contributed by atoms with van der Waals surface area (Å²) in [4.78, 5) is 4.22. The van der Waals surface area contributed by atoms with Gasteiger partial charge in [0.25, 0.3) is 0 Å². The molecule has 0 saturated carbocycles. The van der Waals surface area contributed by atoms with Gasteiger partial charge in [-0.15, -0.1) is 0 Å². The van der Waals surface area contributed by atoms with E-state index < -0.39 is 0 Å². The van der Waals surface area contributed by atoms with Crippen molar-refractivity contribution in [3.63, 3.8) is 0 Å². The molecular formula is C14H21N5O. The number of hydrazine groups is 1. The van der Waals surface area contributed by atoms with Crippen LogP contribution in [0.15, 0.2) is 24.5 Å². The van der Waals surface area contributed by atoms with Crippen molar-refractivity contribution in [3.8, 4) is 5.75 Å². The number of hydrogen-bond acceptors (Lipinski definition) is 5. The summed E-state index contributed by atoms with van der Waals surface area (Å²) in [6, 6.07) is 3.77. The maximum atomic E-state index is 5.77. The third kappa shape index (κ3) is 2.81. The molecule has 20 heavy (non-hydrogen) atoms. The number of nitrogens with two attached hydrogens (primary N) is 1. The number of aromatic nitrogens is 3. The Morgan fingerprint density at radius 1 is 1.50 bits per heavy atom. The maximum absolute atomic E-state index is 5.77. The van der Waals surface area contributed by atoms with E-state index in [1.165, 1.54) is 0 Å². The zero-order valence-corrected chi connectivity index (χ0v) is 12.1. The first-order chi connectivity index (χ1) is 9.71. The number of nitrogens with one attached hydrogen (secondary N) is 1. The van der Waals surface area contributed by atoms with Crippen LogP contribution < -0.4 is 16.0 Å². The number of rotatable bonds is 6. The van der Waals surface area contributed by atoms with Crippen molar-refractivity contribution >= 4 is 0 Å². The number of ether oxygens (including phenoxy) is 1. The normalized spacial score (nSPS) is 12.4. The Morgan fingerprint density at radius 3 is 2.90 bits per heavy atom. The van der Waals surface area contributed by atoms with Gasteiger partial charge in [0, 0.05) is 18.4 Å². The number of pyridine rings is 1. The third-order valence-electron chi connectivity index (χ3n) is 3.19. The molecule has 0 fully saturated rings. The van der Waals surface area contributed by atoms with Gasteiger partial charge in [-0.05, 0) is 31.0 Å². The first-order valence-corrected chi connectivity index (χ1v) is 6.69. The van der Waals surface area contributed by atoms with Crippen molar-refractivity contribution in [2.24, 2.45) is 5.84 Å². The van der Waals surface area contributed by atoms with E-state index in [4.69, 9.17) is 10.6 Å². The number of hydrogen-bond donors (Lipinski definition) is 2. The molecule has 3 N–H and O–H groups in total. The molecule has 0 radical (unpaired) electrons. The lowest BCUT2D eigenvalue weighted by molar-refractivity contribution is 0.398. The van der Waals surface area contributed by atoms with Gasteiger partial charge >= 0.3 is 0 Å². The monoisotopic (exact) mass is 275 g/mol. The highest BCUT2D eigenvalue weighted by Crippen LogP contribution is 2.29. The summed E-state index contributed by atoms with van der Waals surface area (Å²) in [6.07, 6.45) is 4.50. The molecular weight excluding hydrogens is 254 g/mol. The van der Waals surface area contributed by atoms with Crippen molar-refractivity contribution in [3.05, 3.63) is 41.5 Å². The van der Waals surface area contributed by atoms with Gasteiger partial charge in [0.15, 0.2) is 5.75 Å². The van der Waals surface area contributed by atoms with Crippen LogP contribution in [0, 0.1) is 6.92 Å². The minimum Gasteiger partial charge on any atom is -0.493 e. The number of aryl methyl sites for hydroxylation is 2. The van der Waals surface area contributed by atoms with E-state index in [2.05, 4.69) is 22.4 Å². The van der Waals surface area contributed by atoms with Crippen LogP contribution in [0.5, 0.6) is 5.75 Å². The Balaban J connectivity index is 2.48. The molecule has 1 unspecified atom stereocenters. The summed E-state index contributed by atoms with van der Waals surface area (Å²) in [5.74, 6) is 6.50. The molecule has 0 aliphatic heterocycles. The molecule has 0 aliphatic carbocycles. The average molecular weight is 275 g/mol. The van der Waals surface area contributed by atoms with Crippen LogP contribution in [0.25, 0.3) is 0 Å². The molecule has 0 saturated heterocycles. The highest BCUT2D eigenvalue weighted by atomic mass is 16.5.